The standard InChI is InChI=1S/C15H19Cl2NO/c16-13-4-1-10(8-14(13)17)7-11-9-19-6-5-15(11)18-12-2-3-12/h1,4,8,11-12,15,18H,2-3,5-7,9H2/t11-,15-/m1/s1. The highest BCUT2D eigenvalue weighted by Gasteiger charge is 2.31. The SMILES string of the molecule is Clc1ccc(C[C@@H]2COCC[C@H]2NC2CC2)cc1Cl. The van der Waals surface area contributed by atoms with E-state index in [0.717, 1.165) is 32.1 Å². The van der Waals surface area contributed by atoms with Gasteiger partial charge in [-0.15, -0.1) is 0 Å². The summed E-state index contributed by atoms with van der Waals surface area (Å²) in [5.41, 5.74) is 1.24. The zero-order valence-electron chi connectivity index (χ0n) is 10.9. The van der Waals surface area contributed by atoms with Crippen LogP contribution in [-0.4, -0.2) is 25.3 Å². The van der Waals surface area contributed by atoms with Crippen molar-refractivity contribution in [3.8, 4) is 0 Å². The van der Waals surface area contributed by atoms with E-state index in [4.69, 9.17) is 27.9 Å². The zero-order valence-corrected chi connectivity index (χ0v) is 12.4. The lowest BCUT2D eigenvalue weighted by Crippen LogP contribution is -2.44. The molecule has 104 valence electrons. The molecule has 0 bridgehead atoms. The number of hydrogen-bond acceptors (Lipinski definition) is 2. The lowest BCUT2D eigenvalue weighted by Gasteiger charge is -2.32. The average molecular weight is 300 g/mol. The maximum atomic E-state index is 6.08. The van der Waals surface area contributed by atoms with Crippen molar-refractivity contribution in [2.75, 3.05) is 13.2 Å². The molecule has 19 heavy (non-hydrogen) atoms. The first-order chi connectivity index (χ1) is 9.22. The van der Waals surface area contributed by atoms with E-state index in [1.807, 2.05) is 12.1 Å². The third kappa shape index (κ3) is 3.63. The van der Waals surface area contributed by atoms with Gasteiger partial charge >= 0.3 is 0 Å². The molecule has 1 aromatic carbocycles. The van der Waals surface area contributed by atoms with Crippen molar-refractivity contribution in [1.82, 2.24) is 5.32 Å². The number of rotatable bonds is 4. The fraction of sp³-hybridized carbons (Fsp3) is 0.600. The summed E-state index contributed by atoms with van der Waals surface area (Å²) in [6.45, 7) is 1.72. The van der Waals surface area contributed by atoms with Crippen molar-refractivity contribution in [3.63, 3.8) is 0 Å². The smallest absolute Gasteiger partial charge is 0.0595 e. The van der Waals surface area contributed by atoms with E-state index in [1.54, 1.807) is 0 Å². The Kier molecular flexibility index (Phi) is 4.33. The van der Waals surface area contributed by atoms with Crippen LogP contribution in [0.15, 0.2) is 18.2 Å². The van der Waals surface area contributed by atoms with Gasteiger partial charge in [0.25, 0.3) is 0 Å². The molecule has 1 N–H and O–H groups in total. The molecule has 4 heteroatoms. The number of nitrogens with one attached hydrogen (secondary N) is 1. The normalized spacial score (nSPS) is 27.5. The molecule has 1 saturated carbocycles. The zero-order chi connectivity index (χ0) is 13.2. The van der Waals surface area contributed by atoms with Crippen molar-refractivity contribution >= 4 is 23.2 Å². The van der Waals surface area contributed by atoms with Crippen LogP contribution in [0, 0.1) is 5.92 Å². The van der Waals surface area contributed by atoms with Crippen molar-refractivity contribution in [2.24, 2.45) is 5.92 Å². The third-order valence-corrected chi connectivity index (χ3v) is 4.72. The second kappa shape index (κ2) is 6.01. The highest BCUT2D eigenvalue weighted by molar-refractivity contribution is 6.42. The Bertz CT molecular complexity index is 448. The van der Waals surface area contributed by atoms with Gasteiger partial charge in [0.05, 0.1) is 16.7 Å². The summed E-state index contributed by atoms with van der Waals surface area (Å²) in [6, 6.07) is 7.26. The Balaban J connectivity index is 1.66. The summed E-state index contributed by atoms with van der Waals surface area (Å²) in [4.78, 5) is 0. The molecule has 1 aromatic rings. The minimum Gasteiger partial charge on any atom is -0.381 e. The molecule has 1 aliphatic heterocycles. The van der Waals surface area contributed by atoms with Gasteiger partial charge in [-0.2, -0.15) is 0 Å². The molecule has 0 amide bonds. The molecule has 3 rings (SSSR count). The van der Waals surface area contributed by atoms with Gasteiger partial charge in [-0.05, 0) is 43.4 Å². The second-order valence-corrected chi connectivity index (χ2v) is 6.44. The van der Waals surface area contributed by atoms with E-state index in [1.165, 1.54) is 18.4 Å². The maximum absolute atomic E-state index is 6.08. The van der Waals surface area contributed by atoms with E-state index >= 15 is 0 Å². The van der Waals surface area contributed by atoms with Crippen LogP contribution in [0.4, 0.5) is 0 Å². The molecular formula is C15H19Cl2NO. The summed E-state index contributed by atoms with van der Waals surface area (Å²) >= 11 is 12.0. The summed E-state index contributed by atoms with van der Waals surface area (Å²) in [5.74, 6) is 0.534. The molecule has 2 nitrogen and oxygen atoms in total. The molecule has 1 aliphatic carbocycles. The van der Waals surface area contributed by atoms with Gasteiger partial charge in [-0.1, -0.05) is 29.3 Å². The highest BCUT2D eigenvalue weighted by atomic mass is 35.5. The molecule has 0 unspecified atom stereocenters. The molecular weight excluding hydrogens is 281 g/mol. The fourth-order valence-corrected chi connectivity index (χ4v) is 3.06. The van der Waals surface area contributed by atoms with E-state index in [9.17, 15) is 0 Å². The van der Waals surface area contributed by atoms with Crippen LogP contribution in [0.3, 0.4) is 0 Å². The summed E-state index contributed by atoms with van der Waals surface area (Å²) in [6.07, 6.45) is 4.78. The summed E-state index contributed by atoms with van der Waals surface area (Å²) in [7, 11) is 0. The molecule has 0 spiro atoms. The van der Waals surface area contributed by atoms with Crippen LogP contribution in [0.25, 0.3) is 0 Å². The monoisotopic (exact) mass is 299 g/mol. The van der Waals surface area contributed by atoms with Crippen LogP contribution in [0.1, 0.15) is 24.8 Å². The van der Waals surface area contributed by atoms with Gasteiger partial charge in [0, 0.05) is 24.6 Å². The van der Waals surface area contributed by atoms with E-state index in [0.29, 0.717) is 22.0 Å². The molecule has 2 fully saturated rings. The van der Waals surface area contributed by atoms with Gasteiger partial charge in [0.15, 0.2) is 0 Å². The van der Waals surface area contributed by atoms with Crippen LogP contribution in [0.5, 0.6) is 0 Å². The van der Waals surface area contributed by atoms with Gasteiger partial charge < -0.3 is 10.1 Å². The Labute approximate surface area is 124 Å². The first-order valence-electron chi connectivity index (χ1n) is 7.00. The van der Waals surface area contributed by atoms with Gasteiger partial charge in [-0.25, -0.2) is 0 Å². The van der Waals surface area contributed by atoms with Gasteiger partial charge in [0.2, 0.25) is 0 Å². The third-order valence-electron chi connectivity index (χ3n) is 3.98. The quantitative estimate of drug-likeness (QED) is 0.915. The van der Waals surface area contributed by atoms with Crippen LogP contribution < -0.4 is 5.32 Å². The maximum Gasteiger partial charge on any atom is 0.0595 e. The van der Waals surface area contributed by atoms with Gasteiger partial charge in [0.1, 0.15) is 0 Å². The molecule has 0 aromatic heterocycles. The number of ether oxygens (including phenoxy) is 1. The average Bonchev–Trinajstić information content (AvgIpc) is 3.20. The van der Waals surface area contributed by atoms with Crippen LogP contribution >= 0.6 is 23.2 Å². The topological polar surface area (TPSA) is 21.3 Å². The summed E-state index contributed by atoms with van der Waals surface area (Å²) < 4.78 is 5.64. The highest BCUT2D eigenvalue weighted by Crippen LogP contribution is 2.28. The predicted octanol–water partition coefficient (Wildman–Crippen LogP) is 3.69. The molecule has 1 heterocycles. The minimum atomic E-state index is 0.534. The van der Waals surface area contributed by atoms with Crippen molar-refractivity contribution in [2.45, 2.75) is 37.8 Å². The number of hydrogen-bond donors (Lipinski definition) is 1. The number of halogens is 2. The van der Waals surface area contributed by atoms with Crippen molar-refractivity contribution in [1.29, 1.82) is 0 Å². The Morgan fingerprint density at radius 2 is 2.00 bits per heavy atom. The minimum absolute atomic E-state index is 0.534. The first-order valence-corrected chi connectivity index (χ1v) is 7.75. The van der Waals surface area contributed by atoms with E-state index < -0.39 is 0 Å². The Morgan fingerprint density at radius 1 is 1.16 bits per heavy atom. The van der Waals surface area contributed by atoms with Crippen LogP contribution in [-0.2, 0) is 11.2 Å². The van der Waals surface area contributed by atoms with Crippen molar-refractivity contribution < 1.29 is 4.74 Å². The lowest BCUT2D eigenvalue weighted by atomic mass is 9.89. The molecule has 2 atom stereocenters. The Morgan fingerprint density at radius 3 is 2.74 bits per heavy atom. The predicted molar refractivity (Wildman–Crippen MR) is 79.0 cm³/mol. The fourth-order valence-electron chi connectivity index (χ4n) is 2.74. The molecule has 2 aliphatic rings. The van der Waals surface area contributed by atoms with Crippen LogP contribution in [0.2, 0.25) is 10.0 Å². The number of benzene rings is 1. The summed E-state index contributed by atoms with van der Waals surface area (Å²) in [5, 5.41) is 5.01. The Hall–Kier alpha value is -0.280. The van der Waals surface area contributed by atoms with E-state index in [2.05, 4.69) is 11.4 Å². The van der Waals surface area contributed by atoms with Gasteiger partial charge in [-0.3, -0.25) is 0 Å². The largest absolute Gasteiger partial charge is 0.381 e. The first kappa shape index (κ1) is 13.7. The van der Waals surface area contributed by atoms with Crippen molar-refractivity contribution in [3.05, 3.63) is 33.8 Å². The second-order valence-electron chi connectivity index (χ2n) is 5.62. The van der Waals surface area contributed by atoms with E-state index in [-0.39, 0.29) is 0 Å². The molecule has 0 radical (unpaired) electrons. The lowest BCUT2D eigenvalue weighted by molar-refractivity contribution is 0.0316. The molecule has 1 saturated heterocycles.